The third-order valence-electron chi connectivity index (χ3n) is 5.48. The van der Waals surface area contributed by atoms with E-state index in [-0.39, 0.29) is 18.3 Å². The number of hydrogen-bond acceptors (Lipinski definition) is 6. The van der Waals surface area contributed by atoms with Crippen molar-refractivity contribution in [2.75, 3.05) is 30.3 Å². The molecule has 196 valence electrons. The van der Waals surface area contributed by atoms with E-state index in [0.717, 1.165) is 10.6 Å². The first-order valence-corrected chi connectivity index (χ1v) is 13.9. The maximum atomic E-state index is 13.6. The predicted molar refractivity (Wildman–Crippen MR) is 139 cm³/mol. The van der Waals surface area contributed by atoms with E-state index >= 15 is 0 Å². The lowest BCUT2D eigenvalue weighted by molar-refractivity contribution is -0.139. The fourth-order valence-electron chi connectivity index (χ4n) is 3.64. The second-order valence-corrected chi connectivity index (χ2v) is 11.4. The average molecular weight is 558 g/mol. The number of anilines is 1. The van der Waals surface area contributed by atoms with Gasteiger partial charge in [-0.25, -0.2) is 8.42 Å². The summed E-state index contributed by atoms with van der Waals surface area (Å²) in [6.07, 6.45) is 1.00. The van der Waals surface area contributed by atoms with Crippen LogP contribution in [0.2, 0.25) is 10.0 Å². The van der Waals surface area contributed by atoms with Gasteiger partial charge in [-0.15, -0.1) is 0 Å². The van der Waals surface area contributed by atoms with E-state index < -0.39 is 34.4 Å². The highest BCUT2D eigenvalue weighted by atomic mass is 35.5. The summed E-state index contributed by atoms with van der Waals surface area (Å²) in [5.41, 5.74) is 0.675. The van der Waals surface area contributed by atoms with E-state index in [0.29, 0.717) is 40.3 Å². The lowest BCUT2D eigenvalue weighted by Crippen LogP contribution is -2.52. The van der Waals surface area contributed by atoms with Gasteiger partial charge < -0.3 is 19.7 Å². The number of sulfonamides is 1. The number of carbonyl (C=O) groups is 2. The predicted octanol–water partition coefficient (Wildman–Crippen LogP) is 3.47. The number of benzene rings is 2. The first-order valence-electron chi connectivity index (χ1n) is 11.3. The van der Waals surface area contributed by atoms with Crippen molar-refractivity contribution in [3.63, 3.8) is 0 Å². The van der Waals surface area contributed by atoms with Crippen LogP contribution in [-0.2, 0) is 26.2 Å². The minimum absolute atomic E-state index is 0.0945. The quantitative estimate of drug-likeness (QED) is 0.506. The van der Waals surface area contributed by atoms with Crippen molar-refractivity contribution in [2.45, 2.75) is 39.4 Å². The molecule has 9 nitrogen and oxygen atoms in total. The molecule has 2 aromatic carbocycles. The zero-order valence-electron chi connectivity index (χ0n) is 20.5. The van der Waals surface area contributed by atoms with Gasteiger partial charge in [-0.2, -0.15) is 0 Å². The highest BCUT2D eigenvalue weighted by molar-refractivity contribution is 7.92. The van der Waals surface area contributed by atoms with E-state index in [4.69, 9.17) is 32.7 Å². The minimum atomic E-state index is -3.89. The molecule has 0 aliphatic carbocycles. The van der Waals surface area contributed by atoms with Crippen LogP contribution in [0.4, 0.5) is 5.69 Å². The van der Waals surface area contributed by atoms with E-state index in [1.54, 1.807) is 45.0 Å². The number of nitrogens with zero attached hydrogens (tertiary/aromatic N) is 2. The Bertz CT molecular complexity index is 1220. The summed E-state index contributed by atoms with van der Waals surface area (Å²) in [5.74, 6) is -0.146. The van der Waals surface area contributed by atoms with Crippen molar-refractivity contribution in [3.05, 3.63) is 52.0 Å². The Balaban J connectivity index is 1.96. The number of carbonyl (C=O) groups excluding carboxylic acids is 2. The minimum Gasteiger partial charge on any atom is -0.486 e. The standard InChI is InChI=1S/C24H29Cl2N3O6S/c1-15(2)27-24(31)16(3)28(13-18-19(25)6-5-7-20(18)26)23(30)14-29(36(4,32)33)17-8-9-21-22(12-17)35-11-10-34-21/h5-9,12,15-16H,10-11,13-14H2,1-4H3,(H,27,31)/t16-/m0/s1. The highest BCUT2D eigenvalue weighted by Gasteiger charge is 2.31. The summed E-state index contributed by atoms with van der Waals surface area (Å²) < 4.78 is 37.5. The lowest BCUT2D eigenvalue weighted by atomic mass is 10.1. The Morgan fingerprint density at radius 2 is 1.64 bits per heavy atom. The van der Waals surface area contributed by atoms with Gasteiger partial charge in [-0.3, -0.25) is 13.9 Å². The van der Waals surface area contributed by atoms with Crippen LogP contribution in [0.3, 0.4) is 0 Å². The monoisotopic (exact) mass is 557 g/mol. The van der Waals surface area contributed by atoms with E-state index in [1.807, 2.05) is 0 Å². The van der Waals surface area contributed by atoms with Crippen molar-refractivity contribution in [3.8, 4) is 11.5 Å². The van der Waals surface area contributed by atoms with Gasteiger partial charge in [-0.05, 0) is 45.0 Å². The Morgan fingerprint density at radius 1 is 1.03 bits per heavy atom. The molecule has 1 heterocycles. The molecule has 1 aliphatic heterocycles. The first-order chi connectivity index (χ1) is 16.9. The molecular formula is C24H29Cl2N3O6S. The molecule has 1 N–H and O–H groups in total. The fraction of sp³-hybridized carbons (Fsp3) is 0.417. The molecule has 1 aliphatic rings. The smallest absolute Gasteiger partial charge is 0.244 e. The number of ether oxygens (including phenoxy) is 2. The Morgan fingerprint density at radius 3 is 2.22 bits per heavy atom. The molecule has 36 heavy (non-hydrogen) atoms. The SMILES string of the molecule is CC(C)NC(=O)[C@H](C)N(Cc1c(Cl)cccc1Cl)C(=O)CN(c1ccc2c(c1)OCCO2)S(C)(=O)=O. The molecular weight excluding hydrogens is 529 g/mol. The summed E-state index contributed by atoms with van der Waals surface area (Å²) in [4.78, 5) is 27.7. The van der Waals surface area contributed by atoms with Crippen LogP contribution in [0.25, 0.3) is 0 Å². The molecule has 0 saturated heterocycles. The van der Waals surface area contributed by atoms with Gasteiger partial charge in [0.1, 0.15) is 25.8 Å². The van der Waals surface area contributed by atoms with Crippen LogP contribution in [0.15, 0.2) is 36.4 Å². The highest BCUT2D eigenvalue weighted by Crippen LogP contribution is 2.35. The maximum Gasteiger partial charge on any atom is 0.244 e. The zero-order chi connectivity index (χ0) is 26.6. The van der Waals surface area contributed by atoms with Crippen molar-refractivity contribution in [1.29, 1.82) is 0 Å². The molecule has 12 heteroatoms. The number of rotatable bonds is 9. The topological polar surface area (TPSA) is 105 Å². The molecule has 3 rings (SSSR count). The third kappa shape index (κ3) is 6.74. The van der Waals surface area contributed by atoms with Crippen molar-refractivity contribution in [1.82, 2.24) is 10.2 Å². The molecule has 2 aromatic rings. The number of halogens is 2. The van der Waals surface area contributed by atoms with Gasteiger partial charge in [0.25, 0.3) is 0 Å². The lowest BCUT2D eigenvalue weighted by Gasteiger charge is -2.32. The van der Waals surface area contributed by atoms with Gasteiger partial charge in [0.2, 0.25) is 21.8 Å². The normalized spacial score (nSPS) is 13.8. The molecule has 0 bridgehead atoms. The Hall–Kier alpha value is -2.69. The summed E-state index contributed by atoms with van der Waals surface area (Å²) in [6, 6.07) is 8.46. The van der Waals surface area contributed by atoms with Crippen LogP contribution in [0.1, 0.15) is 26.3 Å². The molecule has 0 saturated carbocycles. The number of nitrogens with one attached hydrogen (secondary N) is 1. The van der Waals surface area contributed by atoms with Crippen molar-refractivity contribution < 1.29 is 27.5 Å². The van der Waals surface area contributed by atoms with E-state index in [2.05, 4.69) is 5.32 Å². The summed E-state index contributed by atoms with van der Waals surface area (Å²) in [5, 5.41) is 3.43. The van der Waals surface area contributed by atoms with E-state index in [9.17, 15) is 18.0 Å². The second kappa shape index (κ2) is 11.6. The van der Waals surface area contributed by atoms with Crippen LogP contribution in [0, 0.1) is 0 Å². The van der Waals surface area contributed by atoms with Crippen LogP contribution < -0.4 is 19.1 Å². The summed E-state index contributed by atoms with van der Waals surface area (Å²) in [6.45, 7) is 5.22. The fourth-order valence-corrected chi connectivity index (χ4v) is 5.00. The number of fused-ring (bicyclic) bond motifs is 1. The molecule has 1 atom stereocenters. The largest absolute Gasteiger partial charge is 0.486 e. The summed E-state index contributed by atoms with van der Waals surface area (Å²) >= 11 is 12.7. The van der Waals surface area contributed by atoms with Crippen molar-refractivity contribution in [2.24, 2.45) is 0 Å². The van der Waals surface area contributed by atoms with Gasteiger partial charge in [0.05, 0.1) is 11.9 Å². The Kier molecular flexibility index (Phi) is 8.97. The van der Waals surface area contributed by atoms with Crippen LogP contribution >= 0.6 is 23.2 Å². The first kappa shape index (κ1) is 27.9. The third-order valence-corrected chi connectivity index (χ3v) is 7.33. The molecule has 0 aromatic heterocycles. The zero-order valence-corrected chi connectivity index (χ0v) is 22.8. The maximum absolute atomic E-state index is 13.6. The van der Waals surface area contributed by atoms with Crippen molar-refractivity contribution >= 4 is 50.7 Å². The number of amides is 2. The van der Waals surface area contributed by atoms with Crippen LogP contribution in [0.5, 0.6) is 11.5 Å². The van der Waals surface area contributed by atoms with Gasteiger partial charge >= 0.3 is 0 Å². The second-order valence-electron chi connectivity index (χ2n) is 8.66. The number of hydrogen-bond donors (Lipinski definition) is 1. The molecule has 0 spiro atoms. The van der Waals surface area contributed by atoms with Gasteiger partial charge in [0, 0.05) is 34.3 Å². The molecule has 2 amide bonds. The van der Waals surface area contributed by atoms with Gasteiger partial charge in [0.15, 0.2) is 11.5 Å². The average Bonchev–Trinajstić information content (AvgIpc) is 2.80. The van der Waals surface area contributed by atoms with Gasteiger partial charge in [-0.1, -0.05) is 29.3 Å². The van der Waals surface area contributed by atoms with Crippen LogP contribution in [-0.4, -0.2) is 63.2 Å². The summed E-state index contributed by atoms with van der Waals surface area (Å²) in [7, 11) is -3.89. The van der Waals surface area contributed by atoms with E-state index in [1.165, 1.54) is 17.0 Å². The molecule has 0 radical (unpaired) electrons. The Labute approximate surface area is 221 Å². The molecule has 0 fully saturated rings. The molecule has 0 unspecified atom stereocenters.